The molecular weight excluding hydrogens is 176 g/mol. The number of nitrogens with one attached hydrogen (secondary N) is 1. The Labute approximate surface area is 75.5 Å². The van der Waals surface area contributed by atoms with Crippen molar-refractivity contribution in [3.8, 4) is 5.75 Å². The van der Waals surface area contributed by atoms with Gasteiger partial charge in [0.2, 0.25) is 0 Å². The van der Waals surface area contributed by atoms with Crippen LogP contribution in [0.25, 0.3) is 0 Å². The summed E-state index contributed by atoms with van der Waals surface area (Å²) in [6.45, 7) is 0. The number of rotatable bonds is 3. The van der Waals surface area contributed by atoms with Gasteiger partial charge in [-0.15, -0.1) is 0 Å². The molecule has 0 saturated heterocycles. The largest absolute Gasteiger partial charge is 0.497 e. The molecule has 0 aliphatic heterocycles. The van der Waals surface area contributed by atoms with E-state index in [1.54, 1.807) is 0 Å². The molecule has 0 saturated carbocycles. The summed E-state index contributed by atoms with van der Waals surface area (Å²) in [7, 11) is 2.85. The van der Waals surface area contributed by atoms with Crippen molar-refractivity contribution in [2.75, 3.05) is 14.2 Å². The molecule has 0 aliphatic carbocycles. The van der Waals surface area contributed by atoms with Crippen molar-refractivity contribution in [2.45, 2.75) is 6.30 Å². The van der Waals surface area contributed by atoms with Gasteiger partial charge in [0.1, 0.15) is 11.6 Å². The van der Waals surface area contributed by atoms with E-state index in [9.17, 15) is 8.78 Å². The maximum Gasteiger partial charge on any atom is 0.179 e. The minimum absolute atomic E-state index is 0.0108. The van der Waals surface area contributed by atoms with Crippen LogP contribution in [0.3, 0.4) is 0 Å². The first-order chi connectivity index (χ1) is 6.19. The number of hydrogen-bond donors (Lipinski definition) is 1. The predicted octanol–water partition coefficient (Wildman–Crippen LogP) is 2.02. The van der Waals surface area contributed by atoms with Gasteiger partial charge in [0, 0.05) is 11.6 Å². The Morgan fingerprint density at radius 2 is 2.15 bits per heavy atom. The normalized spacial score (nSPS) is 12.6. The van der Waals surface area contributed by atoms with E-state index in [0.29, 0.717) is 5.75 Å². The lowest BCUT2D eigenvalue weighted by Crippen LogP contribution is -2.12. The molecule has 2 nitrogen and oxygen atoms in total. The third kappa shape index (κ3) is 2.15. The Morgan fingerprint density at radius 1 is 1.46 bits per heavy atom. The zero-order valence-electron chi connectivity index (χ0n) is 7.47. The van der Waals surface area contributed by atoms with Crippen molar-refractivity contribution >= 4 is 0 Å². The lowest BCUT2D eigenvalue weighted by molar-refractivity contribution is 0.290. The van der Waals surface area contributed by atoms with Gasteiger partial charge in [0.05, 0.1) is 7.11 Å². The van der Waals surface area contributed by atoms with Gasteiger partial charge < -0.3 is 4.74 Å². The highest BCUT2D eigenvalue weighted by Gasteiger charge is 2.12. The summed E-state index contributed by atoms with van der Waals surface area (Å²) in [6, 6.07) is 4.02. The molecule has 13 heavy (non-hydrogen) atoms. The second-order valence-corrected chi connectivity index (χ2v) is 2.54. The Bertz CT molecular complexity index is 291. The van der Waals surface area contributed by atoms with Gasteiger partial charge in [0.15, 0.2) is 6.30 Å². The first kappa shape index (κ1) is 9.92. The second-order valence-electron chi connectivity index (χ2n) is 2.54. The van der Waals surface area contributed by atoms with Crippen LogP contribution < -0.4 is 10.1 Å². The summed E-state index contributed by atoms with van der Waals surface area (Å²) in [5.74, 6) is -0.231. The van der Waals surface area contributed by atoms with Gasteiger partial charge in [-0.25, -0.2) is 8.78 Å². The standard InChI is InChI=1S/C9H11F2NO/c1-12-9(11)7-4-3-6(13-2)5-8(7)10/h3-5,9,12H,1-2H3. The lowest BCUT2D eigenvalue weighted by atomic mass is 10.2. The molecule has 1 rings (SSSR count). The van der Waals surface area contributed by atoms with Crippen molar-refractivity contribution < 1.29 is 13.5 Å². The lowest BCUT2D eigenvalue weighted by Gasteiger charge is -2.08. The summed E-state index contributed by atoms with van der Waals surface area (Å²) >= 11 is 0. The maximum absolute atomic E-state index is 13.1. The van der Waals surface area contributed by atoms with Crippen LogP contribution in [0, 0.1) is 5.82 Å². The quantitative estimate of drug-likeness (QED) is 0.731. The van der Waals surface area contributed by atoms with Crippen molar-refractivity contribution in [3.05, 3.63) is 29.6 Å². The molecular formula is C9H11F2NO. The van der Waals surface area contributed by atoms with Gasteiger partial charge in [-0.2, -0.15) is 0 Å². The molecule has 1 unspecified atom stereocenters. The molecule has 0 aliphatic rings. The number of ether oxygens (including phenoxy) is 1. The molecule has 0 spiro atoms. The molecule has 0 aromatic heterocycles. The van der Waals surface area contributed by atoms with E-state index in [2.05, 4.69) is 5.32 Å². The minimum Gasteiger partial charge on any atom is -0.497 e. The van der Waals surface area contributed by atoms with Gasteiger partial charge in [-0.1, -0.05) is 0 Å². The molecule has 0 bridgehead atoms. The molecule has 4 heteroatoms. The van der Waals surface area contributed by atoms with Crippen LogP contribution in [-0.4, -0.2) is 14.2 Å². The second kappa shape index (κ2) is 4.18. The number of hydrogen-bond acceptors (Lipinski definition) is 2. The van der Waals surface area contributed by atoms with Crippen LogP contribution in [0.15, 0.2) is 18.2 Å². The SMILES string of the molecule is CNC(F)c1ccc(OC)cc1F. The van der Waals surface area contributed by atoms with Crippen molar-refractivity contribution in [1.82, 2.24) is 5.32 Å². The molecule has 72 valence electrons. The van der Waals surface area contributed by atoms with Gasteiger partial charge >= 0.3 is 0 Å². The molecule has 1 aromatic rings. The summed E-state index contributed by atoms with van der Waals surface area (Å²) in [5, 5.41) is 2.31. The smallest absolute Gasteiger partial charge is 0.179 e. The van der Waals surface area contributed by atoms with Crippen molar-refractivity contribution in [2.24, 2.45) is 0 Å². The van der Waals surface area contributed by atoms with Crippen molar-refractivity contribution in [1.29, 1.82) is 0 Å². The first-order valence-electron chi connectivity index (χ1n) is 3.83. The Balaban J connectivity index is 2.98. The van der Waals surface area contributed by atoms with Crippen LogP contribution in [0.2, 0.25) is 0 Å². The molecule has 1 N–H and O–H groups in total. The molecule has 0 amide bonds. The molecule has 0 fully saturated rings. The highest BCUT2D eigenvalue weighted by atomic mass is 19.1. The third-order valence-corrected chi connectivity index (χ3v) is 1.73. The topological polar surface area (TPSA) is 21.3 Å². The highest BCUT2D eigenvalue weighted by Crippen LogP contribution is 2.22. The third-order valence-electron chi connectivity index (χ3n) is 1.73. The van der Waals surface area contributed by atoms with Crippen LogP contribution in [-0.2, 0) is 0 Å². The fraction of sp³-hybridized carbons (Fsp3) is 0.333. The number of alkyl halides is 1. The van der Waals surface area contributed by atoms with Gasteiger partial charge in [0.25, 0.3) is 0 Å². The summed E-state index contributed by atoms with van der Waals surface area (Å²) in [5.41, 5.74) is -0.0108. The zero-order chi connectivity index (χ0) is 9.84. The van der Waals surface area contributed by atoms with E-state index >= 15 is 0 Å². The number of methoxy groups -OCH3 is 1. The fourth-order valence-corrected chi connectivity index (χ4v) is 0.996. The summed E-state index contributed by atoms with van der Waals surface area (Å²) < 4.78 is 30.9. The zero-order valence-corrected chi connectivity index (χ0v) is 7.47. The first-order valence-corrected chi connectivity index (χ1v) is 3.83. The minimum atomic E-state index is -1.48. The average molecular weight is 187 g/mol. The monoisotopic (exact) mass is 187 g/mol. The van der Waals surface area contributed by atoms with Gasteiger partial charge in [-0.05, 0) is 19.2 Å². The van der Waals surface area contributed by atoms with E-state index in [4.69, 9.17) is 4.74 Å². The predicted molar refractivity (Wildman–Crippen MR) is 45.9 cm³/mol. The van der Waals surface area contributed by atoms with Crippen LogP contribution in [0.4, 0.5) is 8.78 Å². The molecule has 0 heterocycles. The van der Waals surface area contributed by atoms with E-state index in [-0.39, 0.29) is 5.56 Å². The van der Waals surface area contributed by atoms with Crippen LogP contribution >= 0.6 is 0 Å². The van der Waals surface area contributed by atoms with E-state index in [1.807, 2.05) is 0 Å². The Kier molecular flexibility index (Phi) is 3.19. The molecule has 1 aromatic carbocycles. The number of benzene rings is 1. The Hall–Kier alpha value is -1.16. The van der Waals surface area contributed by atoms with Crippen LogP contribution in [0.5, 0.6) is 5.75 Å². The van der Waals surface area contributed by atoms with E-state index in [1.165, 1.54) is 26.3 Å². The number of halogens is 2. The maximum atomic E-state index is 13.1. The van der Waals surface area contributed by atoms with Crippen molar-refractivity contribution in [3.63, 3.8) is 0 Å². The Morgan fingerprint density at radius 3 is 2.62 bits per heavy atom. The highest BCUT2D eigenvalue weighted by molar-refractivity contribution is 5.29. The van der Waals surface area contributed by atoms with E-state index < -0.39 is 12.1 Å². The summed E-state index contributed by atoms with van der Waals surface area (Å²) in [4.78, 5) is 0. The molecule has 1 atom stereocenters. The molecule has 0 radical (unpaired) electrons. The van der Waals surface area contributed by atoms with E-state index in [0.717, 1.165) is 6.07 Å². The van der Waals surface area contributed by atoms with Crippen LogP contribution in [0.1, 0.15) is 11.9 Å². The average Bonchev–Trinajstić information content (AvgIpc) is 2.16. The van der Waals surface area contributed by atoms with Gasteiger partial charge in [-0.3, -0.25) is 5.32 Å². The summed E-state index contributed by atoms with van der Waals surface area (Å²) in [6.07, 6.45) is -1.48. The fourth-order valence-electron chi connectivity index (χ4n) is 0.996.